The normalized spacial score (nSPS) is 16.1. The Balaban J connectivity index is 3.09. The molecule has 0 aliphatic heterocycles. The molecule has 0 saturated heterocycles. The van der Waals surface area contributed by atoms with Gasteiger partial charge in [-0.2, -0.15) is 0 Å². The molecule has 1 rings (SSSR count). The molecule has 0 bridgehead atoms. The summed E-state index contributed by atoms with van der Waals surface area (Å²) < 4.78 is 10.9. The first kappa shape index (κ1) is 22.7. The SMILES string of the molecule is CCCCCC/C(C(=O)OCCC)=C(/C(=O)OCCC)C1CCCCC1. The number of unbranched alkanes of at least 4 members (excludes halogenated alkanes) is 3. The maximum atomic E-state index is 12.8. The second kappa shape index (κ2) is 13.8. The Kier molecular flexibility index (Phi) is 12.1. The highest BCUT2D eigenvalue weighted by Gasteiger charge is 2.30. The van der Waals surface area contributed by atoms with Gasteiger partial charge in [0.15, 0.2) is 0 Å². The van der Waals surface area contributed by atoms with Crippen LogP contribution in [0.2, 0.25) is 0 Å². The van der Waals surface area contributed by atoms with Crippen LogP contribution < -0.4 is 0 Å². The summed E-state index contributed by atoms with van der Waals surface area (Å²) in [7, 11) is 0. The molecule has 150 valence electrons. The quantitative estimate of drug-likeness (QED) is 0.251. The van der Waals surface area contributed by atoms with E-state index in [1.54, 1.807) is 0 Å². The Morgan fingerprint density at radius 3 is 1.96 bits per heavy atom. The van der Waals surface area contributed by atoms with Crippen LogP contribution in [0, 0.1) is 5.92 Å². The van der Waals surface area contributed by atoms with Gasteiger partial charge in [-0.3, -0.25) is 0 Å². The van der Waals surface area contributed by atoms with E-state index in [2.05, 4.69) is 6.92 Å². The molecule has 1 aliphatic rings. The van der Waals surface area contributed by atoms with E-state index < -0.39 is 0 Å². The zero-order valence-electron chi connectivity index (χ0n) is 17.1. The maximum absolute atomic E-state index is 12.8. The van der Waals surface area contributed by atoms with Gasteiger partial charge in [0.2, 0.25) is 0 Å². The fourth-order valence-corrected chi connectivity index (χ4v) is 3.56. The Bertz CT molecular complexity index is 447. The average Bonchev–Trinajstić information content (AvgIpc) is 2.67. The maximum Gasteiger partial charge on any atom is 0.334 e. The van der Waals surface area contributed by atoms with Gasteiger partial charge in [-0.05, 0) is 44.4 Å². The number of rotatable bonds is 12. The number of hydrogen-bond donors (Lipinski definition) is 0. The first-order valence-electron chi connectivity index (χ1n) is 10.7. The number of hydrogen-bond acceptors (Lipinski definition) is 4. The second-order valence-electron chi connectivity index (χ2n) is 7.31. The first-order chi connectivity index (χ1) is 12.7. The third-order valence-electron chi connectivity index (χ3n) is 4.96. The third kappa shape index (κ3) is 7.92. The average molecular weight is 367 g/mol. The van der Waals surface area contributed by atoms with Crippen LogP contribution in [0.4, 0.5) is 0 Å². The molecule has 0 heterocycles. The summed E-state index contributed by atoms with van der Waals surface area (Å²) in [5.41, 5.74) is 1.21. The summed E-state index contributed by atoms with van der Waals surface area (Å²) in [5, 5.41) is 0. The van der Waals surface area contributed by atoms with E-state index in [9.17, 15) is 9.59 Å². The highest BCUT2D eigenvalue weighted by molar-refractivity contribution is 6.00. The third-order valence-corrected chi connectivity index (χ3v) is 4.96. The smallest absolute Gasteiger partial charge is 0.334 e. The minimum atomic E-state index is -0.308. The van der Waals surface area contributed by atoms with Crippen molar-refractivity contribution in [1.82, 2.24) is 0 Å². The van der Waals surface area contributed by atoms with E-state index in [-0.39, 0.29) is 17.9 Å². The molecule has 1 aliphatic carbocycles. The van der Waals surface area contributed by atoms with Gasteiger partial charge in [0, 0.05) is 5.57 Å². The van der Waals surface area contributed by atoms with E-state index in [0.29, 0.717) is 30.8 Å². The van der Waals surface area contributed by atoms with Crippen molar-refractivity contribution in [3.05, 3.63) is 11.1 Å². The van der Waals surface area contributed by atoms with Gasteiger partial charge in [-0.25, -0.2) is 9.59 Å². The largest absolute Gasteiger partial charge is 0.462 e. The molecule has 0 radical (unpaired) electrons. The Morgan fingerprint density at radius 2 is 1.38 bits per heavy atom. The lowest BCUT2D eigenvalue weighted by Crippen LogP contribution is -2.24. The molecule has 0 spiro atoms. The monoisotopic (exact) mass is 366 g/mol. The van der Waals surface area contributed by atoms with Crippen LogP contribution in [0.15, 0.2) is 11.1 Å². The first-order valence-corrected chi connectivity index (χ1v) is 10.7. The van der Waals surface area contributed by atoms with E-state index in [1.807, 2.05) is 13.8 Å². The van der Waals surface area contributed by atoms with Gasteiger partial charge in [-0.15, -0.1) is 0 Å². The van der Waals surface area contributed by atoms with Gasteiger partial charge in [0.05, 0.1) is 18.8 Å². The Labute approximate surface area is 159 Å². The predicted octanol–water partition coefficient (Wildman–Crippen LogP) is 5.74. The lowest BCUT2D eigenvalue weighted by molar-refractivity contribution is -0.143. The lowest BCUT2D eigenvalue weighted by Gasteiger charge is -2.25. The zero-order chi connectivity index (χ0) is 19.2. The molecule has 0 atom stereocenters. The fraction of sp³-hybridized carbons (Fsp3) is 0.818. The summed E-state index contributed by atoms with van der Waals surface area (Å²) >= 11 is 0. The summed E-state index contributed by atoms with van der Waals surface area (Å²) in [6.45, 7) is 6.94. The van der Waals surface area contributed by atoms with Crippen molar-refractivity contribution in [2.24, 2.45) is 5.92 Å². The molecule has 4 heteroatoms. The molecule has 0 amide bonds. The van der Waals surface area contributed by atoms with Crippen LogP contribution in [-0.2, 0) is 19.1 Å². The summed E-state index contributed by atoms with van der Waals surface area (Å²) in [6.07, 6.45) is 11.9. The number of carbonyl (C=O) groups excluding carboxylic acids is 2. The lowest BCUT2D eigenvalue weighted by atomic mass is 9.80. The second-order valence-corrected chi connectivity index (χ2v) is 7.31. The van der Waals surface area contributed by atoms with Crippen molar-refractivity contribution in [2.75, 3.05) is 13.2 Å². The fourth-order valence-electron chi connectivity index (χ4n) is 3.56. The van der Waals surface area contributed by atoms with Gasteiger partial charge < -0.3 is 9.47 Å². The minimum absolute atomic E-state index is 0.142. The van der Waals surface area contributed by atoms with Crippen molar-refractivity contribution in [3.8, 4) is 0 Å². The van der Waals surface area contributed by atoms with Crippen LogP contribution in [-0.4, -0.2) is 25.2 Å². The molecule has 26 heavy (non-hydrogen) atoms. The van der Waals surface area contributed by atoms with Crippen LogP contribution in [0.25, 0.3) is 0 Å². The Morgan fingerprint density at radius 1 is 0.769 bits per heavy atom. The van der Waals surface area contributed by atoms with Gasteiger partial charge in [0.1, 0.15) is 0 Å². The summed E-state index contributed by atoms with van der Waals surface area (Å²) in [4.78, 5) is 25.6. The van der Waals surface area contributed by atoms with Crippen molar-refractivity contribution >= 4 is 11.9 Å². The van der Waals surface area contributed by atoms with Crippen molar-refractivity contribution in [1.29, 1.82) is 0 Å². The highest BCUT2D eigenvalue weighted by Crippen LogP contribution is 2.34. The molecule has 0 aromatic carbocycles. The van der Waals surface area contributed by atoms with E-state index in [0.717, 1.165) is 64.2 Å². The molecule has 0 N–H and O–H groups in total. The zero-order valence-corrected chi connectivity index (χ0v) is 17.1. The number of carbonyl (C=O) groups is 2. The molecular formula is C22H38O4. The van der Waals surface area contributed by atoms with Crippen molar-refractivity contribution in [2.45, 2.75) is 97.8 Å². The van der Waals surface area contributed by atoms with Crippen LogP contribution in [0.3, 0.4) is 0 Å². The predicted molar refractivity (Wildman–Crippen MR) is 105 cm³/mol. The van der Waals surface area contributed by atoms with Gasteiger partial charge >= 0.3 is 11.9 Å². The topological polar surface area (TPSA) is 52.6 Å². The van der Waals surface area contributed by atoms with Crippen molar-refractivity contribution in [3.63, 3.8) is 0 Å². The van der Waals surface area contributed by atoms with Gasteiger partial charge in [0.25, 0.3) is 0 Å². The minimum Gasteiger partial charge on any atom is -0.462 e. The molecule has 4 nitrogen and oxygen atoms in total. The number of ether oxygens (including phenoxy) is 2. The van der Waals surface area contributed by atoms with E-state index in [4.69, 9.17) is 9.47 Å². The summed E-state index contributed by atoms with van der Waals surface area (Å²) in [6, 6.07) is 0. The molecule has 0 unspecified atom stereocenters. The van der Waals surface area contributed by atoms with Crippen LogP contribution in [0.1, 0.15) is 97.8 Å². The van der Waals surface area contributed by atoms with E-state index in [1.165, 1.54) is 6.42 Å². The Hall–Kier alpha value is -1.32. The molecule has 1 fully saturated rings. The molecular weight excluding hydrogens is 328 g/mol. The van der Waals surface area contributed by atoms with Gasteiger partial charge in [-0.1, -0.05) is 59.3 Å². The highest BCUT2D eigenvalue weighted by atomic mass is 16.5. The molecule has 0 aromatic rings. The molecule has 0 aromatic heterocycles. The summed E-state index contributed by atoms with van der Waals surface area (Å²) in [5.74, 6) is -0.460. The number of esters is 2. The van der Waals surface area contributed by atoms with Crippen LogP contribution in [0.5, 0.6) is 0 Å². The van der Waals surface area contributed by atoms with E-state index >= 15 is 0 Å². The standard InChI is InChI=1S/C22H38O4/c1-4-7-8-12-15-19(21(23)25-16-5-2)20(22(24)26-17-6-3)18-13-10-9-11-14-18/h18H,4-17H2,1-3H3/b20-19-. The van der Waals surface area contributed by atoms with Crippen LogP contribution >= 0.6 is 0 Å². The van der Waals surface area contributed by atoms with Crippen molar-refractivity contribution < 1.29 is 19.1 Å². The molecule has 1 saturated carbocycles.